The number of rotatable bonds is 1. The molecule has 136 valence electrons. The van der Waals surface area contributed by atoms with E-state index >= 15 is 0 Å². The van der Waals surface area contributed by atoms with Crippen LogP contribution in [0.15, 0.2) is 45.3 Å². The summed E-state index contributed by atoms with van der Waals surface area (Å²) in [5, 5.41) is 2.32. The molecule has 1 aromatic heterocycles. The average molecular weight is 415 g/mol. The molecular weight excluding hydrogens is 392 g/mol. The van der Waals surface area contributed by atoms with Crippen LogP contribution >= 0.6 is 15.9 Å². The van der Waals surface area contributed by atoms with Gasteiger partial charge in [0.25, 0.3) is 0 Å². The maximum atomic E-state index is 6.65. The topological polar surface area (TPSA) is 37.6 Å². The molecule has 0 saturated heterocycles. The third-order valence-corrected chi connectivity index (χ3v) is 6.43. The summed E-state index contributed by atoms with van der Waals surface area (Å²) in [6.45, 7) is 4.32. The summed E-state index contributed by atoms with van der Waals surface area (Å²) < 4.78 is 13.6. The minimum Gasteiger partial charge on any atom is -0.471 e. The van der Waals surface area contributed by atoms with Gasteiger partial charge in [0, 0.05) is 22.9 Å². The lowest BCUT2D eigenvalue weighted by molar-refractivity contribution is -0.155. The lowest BCUT2D eigenvalue weighted by atomic mass is 9.82. The number of furan rings is 1. The van der Waals surface area contributed by atoms with Gasteiger partial charge < -0.3 is 14.6 Å². The predicted molar refractivity (Wildman–Crippen MR) is 104 cm³/mol. The van der Waals surface area contributed by atoms with Crippen molar-refractivity contribution in [1.29, 1.82) is 0 Å². The van der Waals surface area contributed by atoms with Crippen LogP contribution in [-0.4, -0.2) is 10.7 Å². The maximum Gasteiger partial charge on any atom is 0.180 e. The van der Waals surface area contributed by atoms with Crippen LogP contribution in [-0.2, 0) is 0 Å². The van der Waals surface area contributed by atoms with Crippen LogP contribution in [0.5, 0.6) is 5.75 Å². The second kappa shape index (κ2) is 5.89. The van der Waals surface area contributed by atoms with Gasteiger partial charge >= 0.3 is 0 Å². The molecule has 5 heteroatoms. The highest BCUT2D eigenvalue weighted by molar-refractivity contribution is 9.10. The lowest BCUT2D eigenvalue weighted by Crippen LogP contribution is -2.60. The molecule has 2 aromatic rings. The van der Waals surface area contributed by atoms with Crippen molar-refractivity contribution in [3.63, 3.8) is 0 Å². The zero-order chi connectivity index (χ0) is 17.9. The number of fused-ring (bicyclic) bond motifs is 4. The molecule has 1 saturated carbocycles. The summed E-state index contributed by atoms with van der Waals surface area (Å²) in [7, 11) is 0. The molecule has 1 aliphatic carbocycles. The van der Waals surface area contributed by atoms with Crippen LogP contribution in [0.2, 0.25) is 0 Å². The van der Waals surface area contributed by atoms with Crippen LogP contribution in [0, 0.1) is 12.8 Å². The van der Waals surface area contributed by atoms with E-state index in [1.807, 2.05) is 19.1 Å². The molecule has 1 N–H and O–H groups in total. The molecule has 2 aliphatic heterocycles. The quantitative estimate of drug-likeness (QED) is 0.663. The van der Waals surface area contributed by atoms with E-state index in [4.69, 9.17) is 9.15 Å². The normalized spacial score (nSPS) is 30.3. The van der Waals surface area contributed by atoms with Crippen LogP contribution in [0.4, 0.5) is 0 Å². The molecular formula is C21H23BrN2O2. The van der Waals surface area contributed by atoms with Crippen LogP contribution < -0.4 is 10.2 Å². The smallest absolute Gasteiger partial charge is 0.180 e. The van der Waals surface area contributed by atoms with Crippen molar-refractivity contribution in [2.75, 3.05) is 0 Å². The standard InChI is InChI=1S/C21H23BrN2O2/c1-13-7-9-21(10-8-13)24-18(16-11-15(22)4-6-19(16)26-21)12-17(23-24)20-5-3-14(2)25-20/h3-6,11-13,18,23H,7-10H2,1-2H3/t13?,18-,21?/m1/s1. The summed E-state index contributed by atoms with van der Waals surface area (Å²) in [4.78, 5) is 0. The Morgan fingerprint density at radius 2 is 2.00 bits per heavy atom. The monoisotopic (exact) mass is 414 g/mol. The first-order valence-corrected chi connectivity index (χ1v) is 10.2. The summed E-state index contributed by atoms with van der Waals surface area (Å²) >= 11 is 3.61. The number of aryl methyl sites for hydroxylation is 1. The summed E-state index contributed by atoms with van der Waals surface area (Å²) in [5.74, 6) is 3.57. The fourth-order valence-electron chi connectivity index (χ4n) is 4.42. The molecule has 1 spiro atoms. The first kappa shape index (κ1) is 16.5. The van der Waals surface area contributed by atoms with E-state index in [0.29, 0.717) is 0 Å². The van der Waals surface area contributed by atoms with Gasteiger partial charge in [-0.15, -0.1) is 0 Å². The van der Waals surface area contributed by atoms with Gasteiger partial charge in [-0.2, -0.15) is 5.01 Å². The fraction of sp³-hybridized carbons (Fsp3) is 0.429. The van der Waals surface area contributed by atoms with E-state index < -0.39 is 0 Å². The van der Waals surface area contributed by atoms with Crippen LogP contribution in [0.1, 0.15) is 55.7 Å². The van der Waals surface area contributed by atoms with Gasteiger partial charge in [0.05, 0.1) is 11.7 Å². The number of halogens is 1. The molecule has 26 heavy (non-hydrogen) atoms. The predicted octanol–water partition coefficient (Wildman–Crippen LogP) is 5.55. The van der Waals surface area contributed by atoms with Crippen LogP contribution in [0.3, 0.4) is 0 Å². The van der Waals surface area contributed by atoms with E-state index in [1.165, 1.54) is 18.4 Å². The summed E-state index contributed by atoms with van der Waals surface area (Å²) in [6.07, 6.45) is 6.71. The van der Waals surface area contributed by atoms with E-state index in [0.717, 1.165) is 46.2 Å². The van der Waals surface area contributed by atoms with Crippen molar-refractivity contribution in [2.24, 2.45) is 5.92 Å². The molecule has 1 fully saturated rings. The van der Waals surface area contributed by atoms with E-state index in [1.54, 1.807) is 0 Å². The highest BCUT2D eigenvalue weighted by atomic mass is 79.9. The fourth-order valence-corrected chi connectivity index (χ4v) is 4.80. The highest BCUT2D eigenvalue weighted by Gasteiger charge is 2.51. The molecule has 3 heterocycles. The van der Waals surface area contributed by atoms with E-state index in [-0.39, 0.29) is 11.8 Å². The number of hydrogen-bond donors (Lipinski definition) is 1. The zero-order valence-corrected chi connectivity index (χ0v) is 16.7. The first-order chi connectivity index (χ1) is 12.5. The Kier molecular flexibility index (Phi) is 3.73. The number of benzene rings is 1. The second-order valence-corrected chi connectivity index (χ2v) is 8.75. The molecule has 0 radical (unpaired) electrons. The Hall–Kier alpha value is -1.72. The maximum absolute atomic E-state index is 6.65. The largest absolute Gasteiger partial charge is 0.471 e. The van der Waals surface area contributed by atoms with Gasteiger partial charge in [-0.1, -0.05) is 22.9 Å². The van der Waals surface area contributed by atoms with Gasteiger partial charge in [-0.3, -0.25) is 0 Å². The second-order valence-electron chi connectivity index (χ2n) is 7.83. The average Bonchev–Trinajstić information content (AvgIpc) is 3.25. The molecule has 1 atom stereocenters. The minimum absolute atomic E-state index is 0.144. The Balaban J connectivity index is 1.59. The SMILES string of the molecule is Cc1ccc(C2=C[C@@H]3c4cc(Br)ccc4OC4(CCC(C)CC4)N3N2)o1. The van der Waals surface area contributed by atoms with Crippen molar-refractivity contribution in [3.8, 4) is 5.75 Å². The van der Waals surface area contributed by atoms with E-state index in [2.05, 4.69) is 57.6 Å². The van der Waals surface area contributed by atoms with Gasteiger partial charge in [0.2, 0.25) is 0 Å². The minimum atomic E-state index is -0.294. The third kappa shape index (κ3) is 2.52. The molecule has 0 bridgehead atoms. The number of nitrogens with zero attached hydrogens (tertiary/aromatic N) is 1. The molecule has 5 rings (SSSR count). The number of hydrazine groups is 1. The Morgan fingerprint density at radius 1 is 1.19 bits per heavy atom. The van der Waals surface area contributed by atoms with Crippen molar-refractivity contribution >= 4 is 21.6 Å². The molecule has 0 unspecified atom stereocenters. The van der Waals surface area contributed by atoms with Gasteiger partial charge in [0.1, 0.15) is 11.5 Å². The third-order valence-electron chi connectivity index (χ3n) is 5.93. The Morgan fingerprint density at radius 3 is 2.73 bits per heavy atom. The zero-order valence-electron chi connectivity index (χ0n) is 15.1. The Labute approximate surface area is 162 Å². The molecule has 1 aromatic carbocycles. The van der Waals surface area contributed by atoms with E-state index in [9.17, 15) is 0 Å². The lowest BCUT2D eigenvalue weighted by Gasteiger charge is -2.51. The number of nitrogens with one attached hydrogen (secondary N) is 1. The molecule has 4 nitrogen and oxygen atoms in total. The first-order valence-electron chi connectivity index (χ1n) is 9.37. The molecule has 3 aliphatic rings. The van der Waals surface area contributed by atoms with Crippen molar-refractivity contribution in [3.05, 3.63) is 58.0 Å². The van der Waals surface area contributed by atoms with Gasteiger partial charge in [0.15, 0.2) is 11.5 Å². The molecule has 0 amide bonds. The van der Waals surface area contributed by atoms with Gasteiger partial charge in [-0.25, -0.2) is 0 Å². The van der Waals surface area contributed by atoms with Crippen molar-refractivity contribution in [2.45, 2.75) is 51.3 Å². The van der Waals surface area contributed by atoms with Crippen LogP contribution in [0.25, 0.3) is 5.70 Å². The Bertz CT molecular complexity index is 880. The number of ether oxygens (including phenoxy) is 1. The summed E-state index contributed by atoms with van der Waals surface area (Å²) in [6, 6.07) is 10.5. The van der Waals surface area contributed by atoms with Gasteiger partial charge in [-0.05, 0) is 62.1 Å². The highest BCUT2D eigenvalue weighted by Crippen LogP contribution is 2.51. The number of hydrogen-bond acceptors (Lipinski definition) is 4. The van der Waals surface area contributed by atoms with Crippen molar-refractivity contribution < 1.29 is 9.15 Å². The van der Waals surface area contributed by atoms with Crippen molar-refractivity contribution in [1.82, 2.24) is 10.4 Å². The summed E-state index contributed by atoms with van der Waals surface area (Å²) in [5.41, 5.74) is 5.54.